The van der Waals surface area contributed by atoms with Crippen LogP contribution in [0.2, 0.25) is 0 Å². The normalized spacial score (nSPS) is 11.7. The number of aryl methyl sites for hydroxylation is 3. The van der Waals surface area contributed by atoms with Crippen molar-refractivity contribution in [3.63, 3.8) is 0 Å². The van der Waals surface area contributed by atoms with Gasteiger partial charge < -0.3 is 5.11 Å². The number of carboxylic acid groups (broad SMARTS) is 1. The van der Waals surface area contributed by atoms with Crippen molar-refractivity contribution in [2.45, 2.75) is 52.6 Å². The summed E-state index contributed by atoms with van der Waals surface area (Å²) in [5, 5.41) is 8.90. The van der Waals surface area contributed by atoms with Crippen LogP contribution in [0.3, 0.4) is 0 Å². The molecule has 0 unspecified atom stereocenters. The molecule has 1 aromatic heterocycles. The van der Waals surface area contributed by atoms with Crippen LogP contribution in [0.5, 0.6) is 0 Å². The maximum absolute atomic E-state index is 14.1. The Bertz CT molecular complexity index is 1150. The van der Waals surface area contributed by atoms with Crippen molar-refractivity contribution < 1.29 is 27.5 Å². The predicted octanol–water partition coefficient (Wildman–Crippen LogP) is 6.70. The number of aromatic nitrogens is 1. The Labute approximate surface area is 187 Å². The van der Waals surface area contributed by atoms with Crippen LogP contribution in [0.1, 0.15) is 44.7 Å². The molecule has 2 aromatic carbocycles. The van der Waals surface area contributed by atoms with E-state index in [1.54, 1.807) is 13.0 Å². The van der Waals surface area contributed by atoms with Crippen molar-refractivity contribution in [2.75, 3.05) is 0 Å². The molecule has 8 heteroatoms. The summed E-state index contributed by atoms with van der Waals surface area (Å²) in [5.74, 6) is -1.37. The van der Waals surface area contributed by atoms with E-state index < -0.39 is 22.8 Å². The maximum Gasteiger partial charge on any atom is 0.427 e. The molecule has 0 atom stereocenters. The van der Waals surface area contributed by atoms with Crippen molar-refractivity contribution >= 4 is 17.5 Å². The standard InChI is InChI=1S/C24H23F4NO2S/c1-13-4-5-18(12-20(13)25)22-19(23(32-29-22)24(26,27)28)10-8-16-6-7-17(9-11-21(30)31)15(3)14(16)2/h4-7,12H,8-11H2,1-3H3,(H,30,31). The van der Waals surface area contributed by atoms with Gasteiger partial charge in [0.05, 0.1) is 5.69 Å². The molecule has 1 heterocycles. The maximum atomic E-state index is 14.1. The number of halogens is 4. The van der Waals surface area contributed by atoms with Crippen LogP contribution in [0.15, 0.2) is 30.3 Å². The second-order valence-corrected chi connectivity index (χ2v) is 8.60. The van der Waals surface area contributed by atoms with E-state index in [9.17, 15) is 22.4 Å². The molecule has 0 radical (unpaired) electrons. The topological polar surface area (TPSA) is 50.2 Å². The third-order valence-electron chi connectivity index (χ3n) is 5.75. The molecule has 3 nitrogen and oxygen atoms in total. The highest BCUT2D eigenvalue weighted by Crippen LogP contribution is 2.40. The lowest BCUT2D eigenvalue weighted by Gasteiger charge is -2.14. The number of hydrogen-bond donors (Lipinski definition) is 1. The Balaban J connectivity index is 1.93. The van der Waals surface area contributed by atoms with Gasteiger partial charge in [0.25, 0.3) is 0 Å². The Morgan fingerprint density at radius 3 is 2.19 bits per heavy atom. The van der Waals surface area contributed by atoms with Gasteiger partial charge in [0, 0.05) is 17.5 Å². The third kappa shape index (κ3) is 5.18. The second-order valence-electron chi connectivity index (χ2n) is 7.83. The van der Waals surface area contributed by atoms with Crippen LogP contribution >= 0.6 is 11.5 Å². The number of aliphatic carboxylic acids is 1. The van der Waals surface area contributed by atoms with Gasteiger partial charge in [0.1, 0.15) is 10.7 Å². The van der Waals surface area contributed by atoms with Gasteiger partial charge in [-0.05, 0) is 85.4 Å². The monoisotopic (exact) mass is 465 g/mol. The number of carboxylic acids is 1. The lowest BCUT2D eigenvalue weighted by atomic mass is 9.91. The third-order valence-corrected chi connectivity index (χ3v) is 6.69. The highest BCUT2D eigenvalue weighted by atomic mass is 32.1. The molecule has 0 aliphatic carbocycles. The zero-order valence-electron chi connectivity index (χ0n) is 17.9. The van der Waals surface area contributed by atoms with Crippen LogP contribution in [-0.4, -0.2) is 15.4 Å². The molecule has 1 N–H and O–H groups in total. The van der Waals surface area contributed by atoms with Gasteiger partial charge in [-0.1, -0.05) is 24.3 Å². The minimum atomic E-state index is -4.54. The van der Waals surface area contributed by atoms with Crippen molar-refractivity contribution in [1.82, 2.24) is 4.37 Å². The fourth-order valence-corrected chi connectivity index (χ4v) is 4.52. The van der Waals surface area contributed by atoms with E-state index in [-0.39, 0.29) is 24.1 Å². The Kier molecular flexibility index (Phi) is 7.03. The quantitative estimate of drug-likeness (QED) is 0.395. The fourth-order valence-electron chi connectivity index (χ4n) is 3.71. The highest BCUT2D eigenvalue weighted by molar-refractivity contribution is 7.06. The molecule has 0 spiro atoms. The Morgan fingerprint density at radius 2 is 1.62 bits per heavy atom. The van der Waals surface area contributed by atoms with E-state index in [1.807, 2.05) is 26.0 Å². The summed E-state index contributed by atoms with van der Waals surface area (Å²) in [5.41, 5.74) is 4.66. The molecule has 0 amide bonds. The molecule has 0 bridgehead atoms. The molecular weight excluding hydrogens is 442 g/mol. The lowest BCUT2D eigenvalue weighted by Crippen LogP contribution is -2.08. The van der Waals surface area contributed by atoms with E-state index >= 15 is 0 Å². The molecule has 0 aliphatic rings. The van der Waals surface area contributed by atoms with E-state index in [0.29, 0.717) is 35.5 Å². The number of hydrogen-bond acceptors (Lipinski definition) is 3. The van der Waals surface area contributed by atoms with Crippen LogP contribution in [0.4, 0.5) is 17.6 Å². The van der Waals surface area contributed by atoms with E-state index in [0.717, 1.165) is 22.3 Å². The first kappa shape index (κ1) is 23.9. The number of alkyl halides is 3. The summed E-state index contributed by atoms with van der Waals surface area (Å²) >= 11 is 0.389. The summed E-state index contributed by atoms with van der Waals surface area (Å²) in [6.07, 6.45) is -3.66. The highest BCUT2D eigenvalue weighted by Gasteiger charge is 2.37. The predicted molar refractivity (Wildman–Crippen MR) is 117 cm³/mol. The molecule has 0 saturated carbocycles. The summed E-state index contributed by atoms with van der Waals surface area (Å²) in [6, 6.07) is 8.03. The molecule has 3 aromatic rings. The molecule has 170 valence electrons. The van der Waals surface area contributed by atoms with E-state index in [1.165, 1.54) is 12.1 Å². The van der Waals surface area contributed by atoms with E-state index in [2.05, 4.69) is 4.37 Å². The van der Waals surface area contributed by atoms with Gasteiger partial charge >= 0.3 is 12.1 Å². The summed E-state index contributed by atoms with van der Waals surface area (Å²) in [6.45, 7) is 5.37. The number of rotatable bonds is 7. The van der Waals surface area contributed by atoms with Gasteiger partial charge in [-0.2, -0.15) is 17.5 Å². The summed E-state index contributed by atoms with van der Waals surface area (Å²) in [7, 11) is 0. The van der Waals surface area contributed by atoms with E-state index in [4.69, 9.17) is 5.11 Å². The molecule has 32 heavy (non-hydrogen) atoms. The minimum absolute atomic E-state index is 0.0195. The second kappa shape index (κ2) is 9.40. The van der Waals surface area contributed by atoms with Gasteiger partial charge in [-0.25, -0.2) is 4.39 Å². The largest absolute Gasteiger partial charge is 0.481 e. The van der Waals surface area contributed by atoms with Crippen LogP contribution in [0, 0.1) is 26.6 Å². The van der Waals surface area contributed by atoms with Crippen molar-refractivity contribution in [1.29, 1.82) is 0 Å². The Hall–Kier alpha value is -2.74. The SMILES string of the molecule is Cc1ccc(-c2nsc(C(F)(F)F)c2CCc2ccc(CCC(=O)O)c(C)c2C)cc1F. The van der Waals surface area contributed by atoms with Crippen molar-refractivity contribution in [2.24, 2.45) is 0 Å². The fraction of sp³-hybridized carbons (Fsp3) is 0.333. The number of nitrogens with zero attached hydrogens (tertiary/aromatic N) is 1. The first-order chi connectivity index (χ1) is 15.0. The average Bonchev–Trinajstić information content (AvgIpc) is 3.14. The average molecular weight is 466 g/mol. The van der Waals surface area contributed by atoms with Crippen molar-refractivity contribution in [3.8, 4) is 11.3 Å². The zero-order chi connectivity index (χ0) is 23.6. The van der Waals surface area contributed by atoms with Gasteiger partial charge in [0.15, 0.2) is 0 Å². The first-order valence-corrected chi connectivity index (χ1v) is 10.9. The van der Waals surface area contributed by atoms with Crippen molar-refractivity contribution in [3.05, 3.63) is 74.4 Å². The van der Waals surface area contributed by atoms with Gasteiger partial charge in [0.2, 0.25) is 0 Å². The number of benzene rings is 2. The molecule has 0 aliphatic heterocycles. The smallest absolute Gasteiger partial charge is 0.427 e. The summed E-state index contributed by atoms with van der Waals surface area (Å²) in [4.78, 5) is 10.1. The lowest BCUT2D eigenvalue weighted by molar-refractivity contribution is -0.137. The number of carbonyl (C=O) groups is 1. The first-order valence-electron chi connectivity index (χ1n) is 10.1. The molecule has 3 rings (SSSR count). The van der Waals surface area contributed by atoms with Gasteiger partial charge in [-0.15, -0.1) is 0 Å². The minimum Gasteiger partial charge on any atom is -0.481 e. The van der Waals surface area contributed by atoms with Crippen LogP contribution < -0.4 is 0 Å². The molecule has 0 saturated heterocycles. The molecule has 0 fully saturated rings. The zero-order valence-corrected chi connectivity index (χ0v) is 18.8. The Morgan fingerprint density at radius 1 is 1.00 bits per heavy atom. The molecular formula is C24H23F4NO2S. The summed E-state index contributed by atoms with van der Waals surface area (Å²) < 4.78 is 59.0. The van der Waals surface area contributed by atoms with Gasteiger partial charge in [-0.3, -0.25) is 4.79 Å². The van der Waals surface area contributed by atoms with Crippen LogP contribution in [0.25, 0.3) is 11.3 Å². The van der Waals surface area contributed by atoms with Crippen LogP contribution in [-0.2, 0) is 30.2 Å².